The minimum Gasteiger partial charge on any atom is -0.494 e. The van der Waals surface area contributed by atoms with Crippen molar-refractivity contribution in [1.29, 1.82) is 0 Å². The van der Waals surface area contributed by atoms with E-state index < -0.39 is 5.97 Å². The Morgan fingerprint density at radius 1 is 1.18 bits per heavy atom. The number of methoxy groups -OCH3 is 1. The van der Waals surface area contributed by atoms with Gasteiger partial charge in [0.25, 0.3) is 5.91 Å². The summed E-state index contributed by atoms with van der Waals surface area (Å²) < 4.78 is 12.8. The van der Waals surface area contributed by atoms with Crippen molar-refractivity contribution < 1.29 is 19.1 Å². The predicted molar refractivity (Wildman–Crippen MR) is 136 cm³/mol. The van der Waals surface area contributed by atoms with Gasteiger partial charge in [0, 0.05) is 17.4 Å². The standard InChI is InChI=1S/C26H31N3O4S/c1-5-33-22-12-10-21(11-13-22)29-25(31)23(27(26(29)34)16-24(30)32-4)15-19-14-17(2)28(18(19)3)20-8-6-7-9-20/h10-15,20H,5-9,16H2,1-4H3/b23-15-. The van der Waals surface area contributed by atoms with E-state index in [1.807, 2.05) is 13.0 Å². The molecule has 0 spiro atoms. The van der Waals surface area contributed by atoms with Gasteiger partial charge in [-0.25, -0.2) is 0 Å². The minimum absolute atomic E-state index is 0.137. The number of hydrogen-bond acceptors (Lipinski definition) is 5. The molecule has 0 atom stereocenters. The maximum absolute atomic E-state index is 13.6. The van der Waals surface area contributed by atoms with E-state index in [1.54, 1.807) is 29.2 Å². The second kappa shape index (κ2) is 10.0. The van der Waals surface area contributed by atoms with Crippen molar-refractivity contribution in [3.05, 3.63) is 53.0 Å². The molecule has 1 saturated carbocycles. The molecule has 7 nitrogen and oxygen atoms in total. The fraction of sp³-hybridized carbons (Fsp3) is 0.423. The van der Waals surface area contributed by atoms with Crippen LogP contribution in [-0.2, 0) is 14.3 Å². The van der Waals surface area contributed by atoms with Crippen LogP contribution in [0.3, 0.4) is 0 Å². The van der Waals surface area contributed by atoms with Gasteiger partial charge >= 0.3 is 5.97 Å². The third-order valence-electron chi connectivity index (χ3n) is 6.56. The summed E-state index contributed by atoms with van der Waals surface area (Å²) in [5, 5.41) is 0.246. The number of benzene rings is 1. The number of hydrogen-bond donors (Lipinski definition) is 0. The molecule has 1 aromatic heterocycles. The molecular formula is C26H31N3O4S. The third kappa shape index (κ3) is 4.46. The number of ether oxygens (including phenoxy) is 2. The van der Waals surface area contributed by atoms with Gasteiger partial charge in [0.15, 0.2) is 5.11 Å². The third-order valence-corrected chi connectivity index (χ3v) is 6.96. The van der Waals surface area contributed by atoms with Crippen LogP contribution in [-0.4, -0.2) is 46.7 Å². The number of aromatic nitrogens is 1. The highest BCUT2D eigenvalue weighted by Gasteiger charge is 2.40. The van der Waals surface area contributed by atoms with E-state index in [4.69, 9.17) is 21.7 Å². The van der Waals surface area contributed by atoms with Crippen molar-refractivity contribution in [2.45, 2.75) is 52.5 Å². The largest absolute Gasteiger partial charge is 0.494 e. The molecule has 1 saturated heterocycles. The Hall–Kier alpha value is -3.13. The summed E-state index contributed by atoms with van der Waals surface area (Å²) >= 11 is 5.66. The van der Waals surface area contributed by atoms with Crippen molar-refractivity contribution in [3.63, 3.8) is 0 Å². The molecule has 180 valence electrons. The van der Waals surface area contributed by atoms with Gasteiger partial charge in [-0.1, -0.05) is 12.8 Å². The lowest BCUT2D eigenvalue weighted by molar-refractivity contribution is -0.140. The molecule has 0 bridgehead atoms. The number of amides is 1. The maximum atomic E-state index is 13.6. The SMILES string of the molecule is CCOc1ccc(N2C(=O)/C(=C/c3cc(C)n(C4CCCC4)c3C)N(CC(=O)OC)C2=S)cc1. The van der Waals surface area contributed by atoms with E-state index in [-0.39, 0.29) is 17.6 Å². The van der Waals surface area contributed by atoms with E-state index in [9.17, 15) is 9.59 Å². The number of aryl methyl sites for hydroxylation is 1. The minimum atomic E-state index is -0.467. The molecule has 4 rings (SSSR count). The average Bonchev–Trinajstić information content (AvgIpc) is 3.49. The average molecular weight is 482 g/mol. The second-order valence-corrected chi connectivity index (χ2v) is 9.04. The van der Waals surface area contributed by atoms with Crippen LogP contribution in [0.2, 0.25) is 0 Å². The lowest BCUT2D eigenvalue weighted by atomic mass is 10.2. The summed E-state index contributed by atoms with van der Waals surface area (Å²) in [6.07, 6.45) is 6.69. The van der Waals surface area contributed by atoms with Crippen molar-refractivity contribution in [2.75, 3.05) is 25.2 Å². The highest BCUT2D eigenvalue weighted by atomic mass is 32.1. The number of carbonyl (C=O) groups is 2. The molecule has 1 aliphatic heterocycles. The van der Waals surface area contributed by atoms with Crippen LogP contribution in [0, 0.1) is 13.8 Å². The number of thiocarbonyl (C=S) groups is 1. The van der Waals surface area contributed by atoms with Crippen LogP contribution in [0.15, 0.2) is 36.0 Å². The fourth-order valence-corrected chi connectivity index (χ4v) is 5.28. The molecule has 2 aromatic rings. The molecular weight excluding hydrogens is 450 g/mol. The number of esters is 1. The van der Waals surface area contributed by atoms with Crippen molar-refractivity contribution in [3.8, 4) is 5.75 Å². The quantitative estimate of drug-likeness (QED) is 0.323. The Kier molecular flexibility index (Phi) is 7.07. The van der Waals surface area contributed by atoms with Crippen molar-refractivity contribution >= 4 is 41.0 Å². The molecule has 34 heavy (non-hydrogen) atoms. The molecule has 1 aromatic carbocycles. The molecule has 0 unspecified atom stereocenters. The summed E-state index contributed by atoms with van der Waals surface area (Å²) in [6, 6.07) is 9.79. The molecule has 1 aliphatic carbocycles. The zero-order valence-corrected chi connectivity index (χ0v) is 21.0. The first kappa shape index (κ1) is 24.0. The summed E-state index contributed by atoms with van der Waals surface area (Å²) in [7, 11) is 1.33. The number of carbonyl (C=O) groups excluding carboxylic acids is 2. The highest BCUT2D eigenvalue weighted by Crippen LogP contribution is 2.35. The fourth-order valence-electron chi connectivity index (χ4n) is 4.93. The molecule has 2 heterocycles. The molecule has 2 aliphatic rings. The number of rotatable bonds is 7. The van der Waals surface area contributed by atoms with Gasteiger partial charge in [0.1, 0.15) is 18.0 Å². The predicted octanol–water partition coefficient (Wildman–Crippen LogP) is 4.77. The van der Waals surface area contributed by atoms with Gasteiger partial charge in [-0.15, -0.1) is 0 Å². The topological polar surface area (TPSA) is 64.0 Å². The smallest absolute Gasteiger partial charge is 0.325 e. The van der Waals surface area contributed by atoms with Crippen LogP contribution in [0.1, 0.15) is 55.6 Å². The molecule has 8 heteroatoms. The van der Waals surface area contributed by atoms with Crippen molar-refractivity contribution in [1.82, 2.24) is 9.47 Å². The summed E-state index contributed by atoms with van der Waals surface area (Å²) in [5.41, 5.74) is 4.23. The lowest BCUT2D eigenvalue weighted by Gasteiger charge is -2.19. The van der Waals surface area contributed by atoms with Gasteiger partial charge in [0.05, 0.1) is 19.4 Å². The second-order valence-electron chi connectivity index (χ2n) is 8.68. The van der Waals surface area contributed by atoms with Crippen LogP contribution in [0.5, 0.6) is 5.75 Å². The Balaban J connectivity index is 1.73. The number of anilines is 1. The normalized spacial score (nSPS) is 17.8. The maximum Gasteiger partial charge on any atom is 0.325 e. The van der Waals surface area contributed by atoms with E-state index in [0.29, 0.717) is 29.8 Å². The number of nitrogens with zero attached hydrogens (tertiary/aromatic N) is 3. The van der Waals surface area contributed by atoms with E-state index >= 15 is 0 Å². The monoisotopic (exact) mass is 481 g/mol. The molecule has 0 radical (unpaired) electrons. The molecule has 0 N–H and O–H groups in total. The van der Waals surface area contributed by atoms with E-state index in [1.165, 1.54) is 43.4 Å². The highest BCUT2D eigenvalue weighted by molar-refractivity contribution is 7.80. The van der Waals surface area contributed by atoms with Gasteiger partial charge in [-0.05, 0) is 87.8 Å². The van der Waals surface area contributed by atoms with Gasteiger partial charge < -0.3 is 18.9 Å². The first-order valence-electron chi connectivity index (χ1n) is 11.7. The summed E-state index contributed by atoms with van der Waals surface area (Å²) in [6.45, 7) is 6.52. The molecule has 2 fully saturated rings. The van der Waals surface area contributed by atoms with Crippen LogP contribution >= 0.6 is 12.2 Å². The van der Waals surface area contributed by atoms with Gasteiger partial charge in [-0.3, -0.25) is 14.5 Å². The van der Waals surface area contributed by atoms with E-state index in [0.717, 1.165) is 11.3 Å². The van der Waals surface area contributed by atoms with Crippen molar-refractivity contribution in [2.24, 2.45) is 0 Å². The Bertz CT molecular complexity index is 1130. The molecule has 1 amide bonds. The van der Waals surface area contributed by atoms with Gasteiger partial charge in [0.2, 0.25) is 0 Å². The Morgan fingerprint density at radius 3 is 2.47 bits per heavy atom. The summed E-state index contributed by atoms with van der Waals surface area (Å²) in [4.78, 5) is 28.8. The first-order chi connectivity index (χ1) is 16.3. The lowest BCUT2D eigenvalue weighted by Crippen LogP contribution is -2.35. The van der Waals surface area contributed by atoms with E-state index in [2.05, 4.69) is 24.5 Å². The zero-order chi connectivity index (χ0) is 24.4. The first-order valence-corrected chi connectivity index (χ1v) is 12.1. The zero-order valence-electron chi connectivity index (χ0n) is 20.2. The van der Waals surface area contributed by atoms with Crippen LogP contribution < -0.4 is 9.64 Å². The van der Waals surface area contributed by atoms with Crippen LogP contribution in [0.4, 0.5) is 5.69 Å². The van der Waals surface area contributed by atoms with Gasteiger partial charge in [-0.2, -0.15) is 0 Å². The Morgan fingerprint density at radius 2 is 1.85 bits per heavy atom. The Labute approximate surface area is 205 Å². The summed E-state index contributed by atoms with van der Waals surface area (Å²) in [5.74, 6) is -0.0277. The van der Waals surface area contributed by atoms with Crippen LogP contribution in [0.25, 0.3) is 6.08 Å².